The van der Waals surface area contributed by atoms with Gasteiger partial charge < -0.3 is 10.0 Å². The molecule has 1 aliphatic heterocycles. The van der Waals surface area contributed by atoms with Gasteiger partial charge in [-0.3, -0.25) is 4.79 Å². The van der Waals surface area contributed by atoms with Crippen molar-refractivity contribution in [2.24, 2.45) is 0 Å². The molecule has 0 spiro atoms. The number of piperidine rings is 1. The molecule has 138 valence electrons. The van der Waals surface area contributed by atoms with Crippen molar-refractivity contribution < 1.29 is 23.1 Å². The summed E-state index contributed by atoms with van der Waals surface area (Å²) in [7, 11) is 0. The van der Waals surface area contributed by atoms with Crippen molar-refractivity contribution >= 4 is 5.91 Å². The van der Waals surface area contributed by atoms with E-state index in [0.29, 0.717) is 11.3 Å². The molecule has 0 radical (unpaired) electrons. The first-order valence-corrected chi connectivity index (χ1v) is 8.17. The molecule has 0 atom stereocenters. The molecule has 1 fully saturated rings. The van der Waals surface area contributed by atoms with E-state index >= 15 is 0 Å². The van der Waals surface area contributed by atoms with Crippen LogP contribution in [0.2, 0.25) is 0 Å². The summed E-state index contributed by atoms with van der Waals surface area (Å²) in [5.74, 6) is -0.241. The van der Waals surface area contributed by atoms with Crippen LogP contribution in [0.25, 0.3) is 0 Å². The van der Waals surface area contributed by atoms with Gasteiger partial charge in [0.25, 0.3) is 5.91 Å². The number of hydrogen-bond acceptors (Lipinski definition) is 4. The summed E-state index contributed by atoms with van der Waals surface area (Å²) in [6, 6.07) is 4.73. The summed E-state index contributed by atoms with van der Waals surface area (Å²) >= 11 is 0. The molecule has 1 amide bonds. The van der Waals surface area contributed by atoms with Gasteiger partial charge in [-0.15, -0.1) is 0 Å². The van der Waals surface area contributed by atoms with Crippen LogP contribution in [-0.2, 0) is 11.8 Å². The Bertz CT molecular complexity index is 815. The Labute approximate surface area is 148 Å². The minimum atomic E-state index is -4.46. The van der Waals surface area contributed by atoms with Gasteiger partial charge in [0.05, 0.1) is 22.4 Å². The minimum absolute atomic E-state index is 0.160. The molecule has 1 saturated heterocycles. The van der Waals surface area contributed by atoms with E-state index in [1.54, 1.807) is 11.8 Å². The maximum absolute atomic E-state index is 12.9. The van der Waals surface area contributed by atoms with Gasteiger partial charge in [0.2, 0.25) is 0 Å². The zero-order chi connectivity index (χ0) is 18.9. The van der Waals surface area contributed by atoms with Crippen molar-refractivity contribution in [2.75, 3.05) is 13.1 Å². The number of hydrogen-bond donors (Lipinski definition) is 1. The Morgan fingerprint density at radius 1 is 1.27 bits per heavy atom. The van der Waals surface area contributed by atoms with Gasteiger partial charge in [-0.1, -0.05) is 12.1 Å². The SMILES string of the molecule is Cc1ncncc1C(=O)N1CCC(O)(c2cccc(C(F)(F)F)c2)CC1. The molecular formula is C18H18F3N3O2. The number of amides is 1. The average Bonchev–Trinajstić information content (AvgIpc) is 2.62. The fraction of sp³-hybridized carbons (Fsp3) is 0.389. The standard InChI is InChI=1S/C18H18F3N3O2/c1-12-15(10-22-11-23-12)16(25)24-7-5-17(26,6-8-24)13-3-2-4-14(9-13)18(19,20)21/h2-4,9-11,26H,5-8H2,1H3. The molecule has 1 aromatic carbocycles. The maximum Gasteiger partial charge on any atom is 0.416 e. The topological polar surface area (TPSA) is 66.3 Å². The second kappa shape index (κ2) is 6.68. The third-order valence-electron chi connectivity index (χ3n) is 4.75. The molecule has 1 N–H and O–H groups in total. The van der Waals surface area contributed by atoms with Crippen molar-refractivity contribution in [3.05, 3.63) is 59.2 Å². The minimum Gasteiger partial charge on any atom is -0.385 e. The lowest BCUT2D eigenvalue weighted by Crippen LogP contribution is -2.45. The summed E-state index contributed by atoms with van der Waals surface area (Å²) in [5.41, 5.74) is -1.02. The second-order valence-corrected chi connectivity index (χ2v) is 6.42. The van der Waals surface area contributed by atoms with Crippen LogP contribution in [0, 0.1) is 6.92 Å². The summed E-state index contributed by atoms with van der Waals surface area (Å²) in [6.45, 7) is 2.18. The Balaban J connectivity index is 1.75. The highest BCUT2D eigenvalue weighted by Gasteiger charge is 2.38. The number of nitrogens with zero attached hydrogens (tertiary/aromatic N) is 3. The lowest BCUT2D eigenvalue weighted by atomic mass is 9.83. The first kappa shape index (κ1) is 18.3. The van der Waals surface area contributed by atoms with Crippen LogP contribution in [-0.4, -0.2) is 39.0 Å². The predicted molar refractivity (Wildman–Crippen MR) is 87.2 cm³/mol. The summed E-state index contributed by atoms with van der Waals surface area (Å²) < 4.78 is 38.7. The number of halogens is 3. The molecule has 3 rings (SSSR count). The number of aryl methyl sites for hydroxylation is 1. The number of aliphatic hydroxyl groups is 1. The van der Waals surface area contributed by atoms with Gasteiger partial charge in [-0.25, -0.2) is 9.97 Å². The molecule has 2 heterocycles. The van der Waals surface area contributed by atoms with E-state index in [1.807, 2.05) is 0 Å². The van der Waals surface area contributed by atoms with Crippen molar-refractivity contribution in [2.45, 2.75) is 31.5 Å². The smallest absolute Gasteiger partial charge is 0.385 e. The third kappa shape index (κ3) is 3.55. The van der Waals surface area contributed by atoms with Crippen LogP contribution in [0.3, 0.4) is 0 Å². The van der Waals surface area contributed by atoms with Gasteiger partial charge in [-0.2, -0.15) is 13.2 Å². The fourth-order valence-corrected chi connectivity index (χ4v) is 3.12. The summed E-state index contributed by atoms with van der Waals surface area (Å²) in [5, 5.41) is 10.8. The van der Waals surface area contributed by atoms with E-state index in [2.05, 4.69) is 9.97 Å². The van der Waals surface area contributed by atoms with Crippen LogP contribution in [0.15, 0.2) is 36.8 Å². The molecular weight excluding hydrogens is 347 g/mol. The zero-order valence-electron chi connectivity index (χ0n) is 14.1. The van der Waals surface area contributed by atoms with E-state index in [0.717, 1.165) is 12.1 Å². The van der Waals surface area contributed by atoms with Crippen LogP contribution in [0.4, 0.5) is 13.2 Å². The molecule has 8 heteroatoms. The Morgan fingerprint density at radius 2 is 1.96 bits per heavy atom. The van der Waals surface area contributed by atoms with E-state index < -0.39 is 17.3 Å². The van der Waals surface area contributed by atoms with Crippen LogP contribution in [0.1, 0.15) is 40.0 Å². The van der Waals surface area contributed by atoms with Gasteiger partial charge in [0.15, 0.2) is 0 Å². The monoisotopic (exact) mass is 365 g/mol. The largest absolute Gasteiger partial charge is 0.416 e. The number of aromatic nitrogens is 2. The van der Waals surface area contributed by atoms with Gasteiger partial charge in [-0.05, 0) is 37.5 Å². The number of carbonyl (C=O) groups is 1. The Morgan fingerprint density at radius 3 is 2.58 bits per heavy atom. The third-order valence-corrected chi connectivity index (χ3v) is 4.75. The molecule has 0 saturated carbocycles. The molecule has 0 unspecified atom stereocenters. The number of alkyl halides is 3. The van der Waals surface area contributed by atoms with Gasteiger partial charge in [0.1, 0.15) is 6.33 Å². The molecule has 1 aromatic heterocycles. The molecule has 5 nitrogen and oxygen atoms in total. The highest BCUT2D eigenvalue weighted by Crippen LogP contribution is 2.37. The Kier molecular flexibility index (Phi) is 4.70. The van der Waals surface area contributed by atoms with Gasteiger partial charge >= 0.3 is 6.18 Å². The van der Waals surface area contributed by atoms with Crippen LogP contribution in [0.5, 0.6) is 0 Å². The predicted octanol–water partition coefficient (Wildman–Crippen LogP) is 2.93. The van der Waals surface area contributed by atoms with Crippen LogP contribution >= 0.6 is 0 Å². The number of likely N-dealkylation sites (tertiary alicyclic amines) is 1. The normalized spacial score (nSPS) is 17.2. The quantitative estimate of drug-likeness (QED) is 0.889. The molecule has 2 aromatic rings. The molecule has 26 heavy (non-hydrogen) atoms. The van der Waals surface area contributed by atoms with Crippen molar-refractivity contribution in [1.82, 2.24) is 14.9 Å². The number of rotatable bonds is 2. The number of carbonyl (C=O) groups excluding carboxylic acids is 1. The van der Waals surface area contributed by atoms with Crippen molar-refractivity contribution in [3.63, 3.8) is 0 Å². The summed E-state index contributed by atoms with van der Waals surface area (Å²) in [4.78, 5) is 22.0. The van der Waals surface area contributed by atoms with Crippen molar-refractivity contribution in [1.29, 1.82) is 0 Å². The van der Waals surface area contributed by atoms with E-state index in [-0.39, 0.29) is 37.4 Å². The first-order chi connectivity index (χ1) is 12.2. The molecule has 1 aliphatic rings. The molecule has 0 aliphatic carbocycles. The zero-order valence-corrected chi connectivity index (χ0v) is 14.1. The lowest BCUT2D eigenvalue weighted by molar-refractivity contribution is -0.137. The molecule has 0 bridgehead atoms. The van der Waals surface area contributed by atoms with E-state index in [4.69, 9.17) is 0 Å². The van der Waals surface area contributed by atoms with Crippen molar-refractivity contribution in [3.8, 4) is 0 Å². The lowest BCUT2D eigenvalue weighted by Gasteiger charge is -2.38. The highest BCUT2D eigenvalue weighted by atomic mass is 19.4. The van der Waals surface area contributed by atoms with Gasteiger partial charge in [0, 0.05) is 19.3 Å². The van der Waals surface area contributed by atoms with E-state index in [9.17, 15) is 23.1 Å². The van der Waals surface area contributed by atoms with Crippen LogP contribution < -0.4 is 0 Å². The Hall–Kier alpha value is -2.48. The van der Waals surface area contributed by atoms with E-state index in [1.165, 1.54) is 24.7 Å². The first-order valence-electron chi connectivity index (χ1n) is 8.17. The average molecular weight is 365 g/mol. The highest BCUT2D eigenvalue weighted by molar-refractivity contribution is 5.94. The maximum atomic E-state index is 12.9. The summed E-state index contributed by atoms with van der Waals surface area (Å²) in [6.07, 6.45) is -1.35. The fourth-order valence-electron chi connectivity index (χ4n) is 3.12. The number of benzene rings is 1. The second-order valence-electron chi connectivity index (χ2n) is 6.42.